The standard InChI is InChI=1S/C14H19ClN2O2/c1-12(18)17-8-6-16(7-9-17)10-11-19-14-5-3-2-4-13(14)15/h2-5H,6-11H2,1H3. The number of piperazine rings is 1. The molecule has 0 aromatic heterocycles. The molecule has 0 atom stereocenters. The van der Waals surface area contributed by atoms with Gasteiger partial charge in [0.25, 0.3) is 0 Å². The van der Waals surface area contributed by atoms with Gasteiger partial charge in [-0.15, -0.1) is 0 Å². The summed E-state index contributed by atoms with van der Waals surface area (Å²) in [7, 11) is 0. The second-order valence-corrected chi connectivity index (χ2v) is 5.03. The summed E-state index contributed by atoms with van der Waals surface area (Å²) in [6, 6.07) is 7.49. The lowest BCUT2D eigenvalue weighted by atomic mass is 10.3. The van der Waals surface area contributed by atoms with Crippen LogP contribution in [0.15, 0.2) is 24.3 Å². The molecule has 0 saturated carbocycles. The quantitative estimate of drug-likeness (QED) is 0.845. The van der Waals surface area contributed by atoms with Crippen LogP contribution in [0.3, 0.4) is 0 Å². The number of nitrogens with zero attached hydrogens (tertiary/aromatic N) is 2. The Morgan fingerprint density at radius 3 is 2.58 bits per heavy atom. The maximum atomic E-state index is 11.2. The summed E-state index contributed by atoms with van der Waals surface area (Å²) < 4.78 is 5.66. The molecule has 19 heavy (non-hydrogen) atoms. The molecule has 1 saturated heterocycles. The van der Waals surface area contributed by atoms with Crippen molar-refractivity contribution in [3.05, 3.63) is 29.3 Å². The number of amides is 1. The van der Waals surface area contributed by atoms with Crippen LogP contribution in [0.1, 0.15) is 6.92 Å². The van der Waals surface area contributed by atoms with E-state index in [2.05, 4.69) is 4.90 Å². The van der Waals surface area contributed by atoms with Crippen molar-refractivity contribution in [2.24, 2.45) is 0 Å². The van der Waals surface area contributed by atoms with Crippen molar-refractivity contribution in [2.75, 3.05) is 39.3 Å². The van der Waals surface area contributed by atoms with Gasteiger partial charge in [-0.1, -0.05) is 23.7 Å². The summed E-state index contributed by atoms with van der Waals surface area (Å²) in [6.45, 7) is 6.52. The third kappa shape index (κ3) is 4.11. The molecule has 1 aliphatic rings. The Hall–Kier alpha value is -1.26. The number of hydrogen-bond donors (Lipinski definition) is 0. The van der Waals surface area contributed by atoms with E-state index in [9.17, 15) is 4.79 Å². The summed E-state index contributed by atoms with van der Waals surface area (Å²) in [5.74, 6) is 0.888. The number of halogens is 1. The first-order valence-electron chi connectivity index (χ1n) is 6.52. The van der Waals surface area contributed by atoms with Crippen LogP contribution in [0, 0.1) is 0 Å². The van der Waals surface area contributed by atoms with Crippen LogP contribution in [-0.2, 0) is 4.79 Å². The van der Waals surface area contributed by atoms with Crippen LogP contribution in [0.4, 0.5) is 0 Å². The van der Waals surface area contributed by atoms with Crippen LogP contribution < -0.4 is 4.74 Å². The number of hydrogen-bond acceptors (Lipinski definition) is 3. The van der Waals surface area contributed by atoms with Gasteiger partial charge >= 0.3 is 0 Å². The molecule has 1 heterocycles. The van der Waals surface area contributed by atoms with Crippen molar-refractivity contribution in [1.29, 1.82) is 0 Å². The zero-order chi connectivity index (χ0) is 13.7. The van der Waals surface area contributed by atoms with Crippen LogP contribution in [0.25, 0.3) is 0 Å². The van der Waals surface area contributed by atoms with Crippen LogP contribution >= 0.6 is 11.6 Å². The Bertz CT molecular complexity index is 431. The van der Waals surface area contributed by atoms with Crippen molar-refractivity contribution < 1.29 is 9.53 Å². The fourth-order valence-electron chi connectivity index (χ4n) is 2.13. The summed E-state index contributed by atoms with van der Waals surface area (Å²) in [4.78, 5) is 15.4. The molecule has 0 bridgehead atoms. The minimum atomic E-state index is 0.159. The molecule has 104 valence electrons. The fourth-order valence-corrected chi connectivity index (χ4v) is 2.32. The van der Waals surface area contributed by atoms with E-state index in [0.717, 1.165) is 38.5 Å². The van der Waals surface area contributed by atoms with Crippen molar-refractivity contribution >= 4 is 17.5 Å². The molecule has 0 N–H and O–H groups in total. The number of carbonyl (C=O) groups is 1. The Morgan fingerprint density at radius 2 is 1.95 bits per heavy atom. The van der Waals surface area contributed by atoms with Crippen molar-refractivity contribution in [2.45, 2.75) is 6.92 Å². The van der Waals surface area contributed by atoms with Gasteiger partial charge in [0.05, 0.1) is 5.02 Å². The number of para-hydroxylation sites is 1. The second-order valence-electron chi connectivity index (χ2n) is 4.63. The molecule has 1 amide bonds. The van der Waals surface area contributed by atoms with Gasteiger partial charge < -0.3 is 9.64 Å². The van der Waals surface area contributed by atoms with E-state index < -0.39 is 0 Å². The number of rotatable bonds is 4. The molecule has 2 rings (SSSR count). The monoisotopic (exact) mass is 282 g/mol. The highest BCUT2D eigenvalue weighted by Gasteiger charge is 2.18. The maximum absolute atomic E-state index is 11.2. The van der Waals surface area contributed by atoms with Gasteiger partial charge in [0.15, 0.2) is 0 Å². The Labute approximate surface area is 118 Å². The Balaban J connectivity index is 1.70. The Morgan fingerprint density at radius 1 is 1.26 bits per heavy atom. The van der Waals surface area contributed by atoms with Gasteiger partial charge in [0, 0.05) is 39.6 Å². The van der Waals surface area contributed by atoms with Crippen molar-refractivity contribution in [1.82, 2.24) is 9.80 Å². The highest BCUT2D eigenvalue weighted by Crippen LogP contribution is 2.22. The van der Waals surface area contributed by atoms with E-state index >= 15 is 0 Å². The summed E-state index contributed by atoms with van der Waals surface area (Å²) in [5, 5.41) is 0.642. The largest absolute Gasteiger partial charge is 0.491 e. The van der Waals surface area contributed by atoms with Crippen LogP contribution in [0.2, 0.25) is 5.02 Å². The minimum Gasteiger partial charge on any atom is -0.491 e. The first kappa shape index (κ1) is 14.2. The van der Waals surface area contributed by atoms with Gasteiger partial charge in [-0.05, 0) is 12.1 Å². The molecule has 1 aromatic carbocycles. The van der Waals surface area contributed by atoms with Gasteiger partial charge in [-0.25, -0.2) is 0 Å². The van der Waals surface area contributed by atoms with E-state index in [0.29, 0.717) is 11.6 Å². The number of carbonyl (C=O) groups excluding carboxylic acids is 1. The predicted octanol–water partition coefficient (Wildman–Crippen LogP) is 1.88. The molecule has 5 heteroatoms. The summed E-state index contributed by atoms with van der Waals surface area (Å²) in [6.07, 6.45) is 0. The third-order valence-electron chi connectivity index (χ3n) is 3.32. The lowest BCUT2D eigenvalue weighted by Crippen LogP contribution is -2.48. The van der Waals surface area contributed by atoms with Crippen molar-refractivity contribution in [3.63, 3.8) is 0 Å². The molecule has 0 radical (unpaired) electrons. The van der Waals surface area contributed by atoms with Gasteiger partial charge in [0.1, 0.15) is 12.4 Å². The molecule has 0 aliphatic carbocycles. The lowest BCUT2D eigenvalue weighted by Gasteiger charge is -2.34. The predicted molar refractivity (Wildman–Crippen MR) is 75.6 cm³/mol. The summed E-state index contributed by atoms with van der Waals surface area (Å²) >= 11 is 6.02. The van der Waals surface area contributed by atoms with E-state index in [1.54, 1.807) is 6.92 Å². The first-order valence-corrected chi connectivity index (χ1v) is 6.90. The SMILES string of the molecule is CC(=O)N1CCN(CCOc2ccccc2Cl)CC1. The van der Waals surface area contributed by atoms with Crippen molar-refractivity contribution in [3.8, 4) is 5.75 Å². The number of benzene rings is 1. The third-order valence-corrected chi connectivity index (χ3v) is 3.63. The maximum Gasteiger partial charge on any atom is 0.219 e. The normalized spacial score (nSPS) is 16.4. The molecular formula is C14H19ClN2O2. The lowest BCUT2D eigenvalue weighted by molar-refractivity contribution is -0.130. The minimum absolute atomic E-state index is 0.159. The highest BCUT2D eigenvalue weighted by molar-refractivity contribution is 6.32. The molecule has 0 unspecified atom stereocenters. The second kappa shape index (κ2) is 6.78. The van der Waals surface area contributed by atoms with Gasteiger partial charge in [-0.3, -0.25) is 9.69 Å². The molecular weight excluding hydrogens is 264 g/mol. The van der Waals surface area contributed by atoms with Crippen LogP contribution in [0.5, 0.6) is 5.75 Å². The molecule has 1 aliphatic heterocycles. The summed E-state index contributed by atoms with van der Waals surface area (Å²) in [5.41, 5.74) is 0. The first-order chi connectivity index (χ1) is 9.16. The molecule has 4 nitrogen and oxygen atoms in total. The zero-order valence-electron chi connectivity index (χ0n) is 11.1. The van der Waals surface area contributed by atoms with E-state index in [1.165, 1.54) is 0 Å². The van der Waals surface area contributed by atoms with E-state index in [1.807, 2.05) is 29.2 Å². The van der Waals surface area contributed by atoms with Gasteiger partial charge in [-0.2, -0.15) is 0 Å². The van der Waals surface area contributed by atoms with E-state index in [-0.39, 0.29) is 5.91 Å². The highest BCUT2D eigenvalue weighted by atomic mass is 35.5. The average molecular weight is 283 g/mol. The molecule has 1 aromatic rings. The smallest absolute Gasteiger partial charge is 0.219 e. The average Bonchev–Trinajstić information content (AvgIpc) is 2.41. The molecule has 0 spiro atoms. The van der Waals surface area contributed by atoms with Gasteiger partial charge in [0.2, 0.25) is 5.91 Å². The molecule has 1 fully saturated rings. The topological polar surface area (TPSA) is 32.8 Å². The Kier molecular flexibility index (Phi) is 5.05. The fraction of sp³-hybridized carbons (Fsp3) is 0.500. The zero-order valence-corrected chi connectivity index (χ0v) is 11.9. The number of ether oxygens (including phenoxy) is 1. The van der Waals surface area contributed by atoms with E-state index in [4.69, 9.17) is 16.3 Å². The van der Waals surface area contributed by atoms with Crippen LogP contribution in [-0.4, -0.2) is 55.0 Å².